The number of H-pyrrole nitrogens is 1. The van der Waals surface area contributed by atoms with E-state index in [1.807, 2.05) is 6.92 Å². The number of rotatable bonds is 4. The molecule has 10 nitrogen and oxygen atoms in total. The number of aryl methyl sites for hydroxylation is 1. The lowest BCUT2D eigenvalue weighted by Gasteiger charge is -2.09. The zero-order valence-electron chi connectivity index (χ0n) is 12.7. The number of amides is 1. The highest BCUT2D eigenvalue weighted by Crippen LogP contribution is 2.28. The lowest BCUT2D eigenvalue weighted by Crippen LogP contribution is -2.16. The van der Waals surface area contributed by atoms with E-state index in [1.165, 1.54) is 6.20 Å². The lowest BCUT2D eigenvalue weighted by atomic mass is 10.0. The summed E-state index contributed by atoms with van der Waals surface area (Å²) in [7, 11) is 0. The van der Waals surface area contributed by atoms with E-state index in [-0.39, 0.29) is 17.2 Å². The molecule has 0 fully saturated rings. The third-order valence-electron chi connectivity index (χ3n) is 3.25. The second-order valence-electron chi connectivity index (χ2n) is 5.02. The summed E-state index contributed by atoms with van der Waals surface area (Å²) in [5.41, 5.74) is -0.270. The van der Waals surface area contributed by atoms with Crippen LogP contribution in [0.2, 0.25) is 0 Å². The Kier molecular flexibility index (Phi) is 4.12. The van der Waals surface area contributed by atoms with Crippen molar-refractivity contribution in [3.8, 4) is 11.4 Å². The number of carbonyl (C=O) groups excluding carboxylic acids is 1. The Morgan fingerprint density at radius 3 is 2.76 bits per heavy atom. The van der Waals surface area contributed by atoms with Gasteiger partial charge in [0.15, 0.2) is 0 Å². The second-order valence-corrected chi connectivity index (χ2v) is 5.02. The van der Waals surface area contributed by atoms with Gasteiger partial charge in [-0.2, -0.15) is 5.21 Å². The number of benzene rings is 1. The molecule has 3 aromatic rings. The van der Waals surface area contributed by atoms with Crippen molar-refractivity contribution in [3.05, 3.63) is 57.5 Å². The summed E-state index contributed by atoms with van der Waals surface area (Å²) >= 11 is 0. The highest BCUT2D eigenvalue weighted by molar-refractivity contribution is 6.08. The van der Waals surface area contributed by atoms with Crippen LogP contribution in [0.1, 0.15) is 15.9 Å². The number of tetrazole rings is 1. The molecule has 11 heteroatoms. The Balaban J connectivity index is 2.06. The minimum absolute atomic E-state index is 0.149. The largest absolute Gasteiger partial charge is 0.306 e. The van der Waals surface area contributed by atoms with Crippen LogP contribution in [-0.4, -0.2) is 36.4 Å². The molecule has 0 aliphatic rings. The maximum absolute atomic E-state index is 14.4. The summed E-state index contributed by atoms with van der Waals surface area (Å²) in [5, 5.41) is 26.2. The molecular weight excluding hydrogens is 333 g/mol. The molecule has 0 spiro atoms. The van der Waals surface area contributed by atoms with Crippen molar-refractivity contribution in [3.63, 3.8) is 0 Å². The van der Waals surface area contributed by atoms with E-state index >= 15 is 0 Å². The van der Waals surface area contributed by atoms with Gasteiger partial charge >= 0.3 is 0 Å². The molecule has 3 rings (SSSR count). The van der Waals surface area contributed by atoms with Crippen LogP contribution in [0.5, 0.6) is 0 Å². The van der Waals surface area contributed by atoms with Gasteiger partial charge in [-0.05, 0) is 23.8 Å². The molecule has 0 atom stereocenters. The number of halogens is 1. The van der Waals surface area contributed by atoms with E-state index in [1.54, 1.807) is 12.1 Å². The zero-order chi connectivity index (χ0) is 18.0. The summed E-state index contributed by atoms with van der Waals surface area (Å²) in [6.07, 6.45) is 1.53. The van der Waals surface area contributed by atoms with Crippen LogP contribution >= 0.6 is 0 Å². The molecule has 1 amide bonds. The molecule has 2 aromatic heterocycles. The number of nitro groups is 1. The normalized spacial score (nSPS) is 10.5. The number of hydrogen-bond donors (Lipinski definition) is 2. The van der Waals surface area contributed by atoms with E-state index in [4.69, 9.17) is 0 Å². The van der Waals surface area contributed by atoms with Gasteiger partial charge in [-0.3, -0.25) is 14.9 Å². The van der Waals surface area contributed by atoms with Gasteiger partial charge in [0.2, 0.25) is 5.82 Å². The molecule has 0 saturated heterocycles. The van der Waals surface area contributed by atoms with E-state index in [0.29, 0.717) is 6.07 Å². The van der Waals surface area contributed by atoms with Crippen LogP contribution in [0.4, 0.5) is 15.9 Å². The quantitative estimate of drug-likeness (QED) is 0.544. The Hall–Kier alpha value is -3.76. The first-order chi connectivity index (χ1) is 12.0. The predicted molar refractivity (Wildman–Crippen MR) is 83.2 cm³/mol. The van der Waals surface area contributed by atoms with Gasteiger partial charge in [-0.25, -0.2) is 9.37 Å². The molecular formula is C14H10FN7O3. The number of nitrogens with one attached hydrogen (secondary N) is 2. The monoisotopic (exact) mass is 343 g/mol. The molecule has 0 radical (unpaired) electrons. The van der Waals surface area contributed by atoms with E-state index in [2.05, 4.69) is 30.9 Å². The third kappa shape index (κ3) is 3.29. The van der Waals surface area contributed by atoms with Crippen LogP contribution in [0.3, 0.4) is 0 Å². The number of nitro benzene ring substituents is 1. The highest BCUT2D eigenvalue weighted by atomic mass is 19.1. The predicted octanol–water partition coefficient (Wildman–Crippen LogP) is 1.87. The second kappa shape index (κ2) is 6.39. The minimum atomic E-state index is -1.08. The van der Waals surface area contributed by atoms with Crippen molar-refractivity contribution in [1.29, 1.82) is 0 Å². The topological polar surface area (TPSA) is 140 Å². The lowest BCUT2D eigenvalue weighted by molar-refractivity contribution is -0.385. The van der Waals surface area contributed by atoms with Crippen molar-refractivity contribution in [2.24, 2.45) is 0 Å². The molecule has 0 unspecified atom stereocenters. The molecule has 126 valence electrons. The molecule has 0 aliphatic heterocycles. The number of non-ortho nitro benzene ring substituents is 1. The summed E-state index contributed by atoms with van der Waals surface area (Å²) in [6, 6.07) is 4.92. The molecule has 0 saturated carbocycles. The average molecular weight is 343 g/mol. The first kappa shape index (κ1) is 16.1. The minimum Gasteiger partial charge on any atom is -0.306 e. The van der Waals surface area contributed by atoms with Crippen molar-refractivity contribution in [2.75, 3.05) is 5.32 Å². The fourth-order valence-electron chi connectivity index (χ4n) is 2.10. The first-order valence-electron chi connectivity index (χ1n) is 6.91. The molecule has 0 bridgehead atoms. The highest BCUT2D eigenvalue weighted by Gasteiger charge is 2.25. The Bertz CT molecular complexity index is 942. The molecule has 0 aliphatic carbocycles. The van der Waals surface area contributed by atoms with Crippen LogP contribution in [0.25, 0.3) is 11.4 Å². The summed E-state index contributed by atoms with van der Waals surface area (Å²) in [6.45, 7) is 1.82. The Labute approximate surface area is 139 Å². The van der Waals surface area contributed by atoms with Crippen molar-refractivity contribution in [1.82, 2.24) is 25.6 Å². The van der Waals surface area contributed by atoms with Crippen molar-refractivity contribution < 1.29 is 14.1 Å². The van der Waals surface area contributed by atoms with Gasteiger partial charge < -0.3 is 5.32 Å². The number of anilines is 1. The summed E-state index contributed by atoms with van der Waals surface area (Å²) in [5.74, 6) is -1.88. The van der Waals surface area contributed by atoms with Crippen LogP contribution in [0, 0.1) is 22.9 Å². The Morgan fingerprint density at radius 2 is 2.16 bits per heavy atom. The molecule has 2 heterocycles. The van der Waals surface area contributed by atoms with E-state index in [0.717, 1.165) is 11.6 Å². The standard InChI is InChI=1S/C14H10FN7O3/c1-7-2-3-11(16-6-7)17-14(23)12-9(13-18-20-21-19-13)4-8(22(24)25)5-10(12)15/h2-6H,1H3,(H,16,17,23)(H,18,19,20,21). The SMILES string of the molecule is Cc1ccc(NC(=O)c2c(F)cc([N+](=O)[O-])cc2-c2nn[nH]n2)nc1. The van der Waals surface area contributed by atoms with Gasteiger partial charge in [0.1, 0.15) is 11.6 Å². The molecule has 25 heavy (non-hydrogen) atoms. The summed E-state index contributed by atoms with van der Waals surface area (Å²) in [4.78, 5) is 26.6. The van der Waals surface area contributed by atoms with Crippen LogP contribution < -0.4 is 5.32 Å². The first-order valence-corrected chi connectivity index (χ1v) is 6.91. The zero-order valence-corrected chi connectivity index (χ0v) is 12.7. The van der Waals surface area contributed by atoms with Crippen molar-refractivity contribution >= 4 is 17.4 Å². The van der Waals surface area contributed by atoms with Gasteiger partial charge in [0.25, 0.3) is 11.6 Å². The smallest absolute Gasteiger partial charge is 0.273 e. The van der Waals surface area contributed by atoms with E-state index in [9.17, 15) is 19.3 Å². The van der Waals surface area contributed by atoms with Crippen LogP contribution in [0.15, 0.2) is 30.5 Å². The molecule has 2 N–H and O–H groups in total. The third-order valence-corrected chi connectivity index (χ3v) is 3.25. The molecule has 1 aromatic carbocycles. The fourth-order valence-corrected chi connectivity index (χ4v) is 2.10. The van der Waals surface area contributed by atoms with Gasteiger partial charge in [0, 0.05) is 17.8 Å². The number of aromatic amines is 1. The van der Waals surface area contributed by atoms with Gasteiger partial charge in [-0.15, -0.1) is 10.2 Å². The van der Waals surface area contributed by atoms with Crippen molar-refractivity contribution in [2.45, 2.75) is 6.92 Å². The van der Waals surface area contributed by atoms with E-state index < -0.39 is 27.9 Å². The van der Waals surface area contributed by atoms with Crippen LogP contribution in [-0.2, 0) is 0 Å². The number of carbonyl (C=O) groups is 1. The maximum Gasteiger partial charge on any atom is 0.273 e. The average Bonchev–Trinajstić information content (AvgIpc) is 3.10. The van der Waals surface area contributed by atoms with Gasteiger partial charge in [0.05, 0.1) is 16.6 Å². The van der Waals surface area contributed by atoms with Gasteiger partial charge in [-0.1, -0.05) is 6.07 Å². The fraction of sp³-hybridized carbons (Fsp3) is 0.0714. The number of hydrogen-bond acceptors (Lipinski definition) is 7. The summed E-state index contributed by atoms with van der Waals surface area (Å²) < 4.78 is 14.4. The maximum atomic E-state index is 14.4. The number of pyridine rings is 1. The number of aromatic nitrogens is 5. The number of nitrogens with zero attached hydrogens (tertiary/aromatic N) is 5. The Morgan fingerprint density at radius 1 is 1.36 bits per heavy atom.